The van der Waals surface area contributed by atoms with E-state index in [1.54, 1.807) is 7.05 Å². The van der Waals surface area contributed by atoms with Crippen LogP contribution in [0.5, 0.6) is 0 Å². The van der Waals surface area contributed by atoms with Gasteiger partial charge in [-0.3, -0.25) is 14.6 Å². The van der Waals surface area contributed by atoms with Gasteiger partial charge >= 0.3 is 0 Å². The van der Waals surface area contributed by atoms with Gasteiger partial charge in [0.2, 0.25) is 5.91 Å². The van der Waals surface area contributed by atoms with Crippen LogP contribution in [0.4, 0.5) is 0 Å². The van der Waals surface area contributed by atoms with Crippen molar-refractivity contribution in [3.8, 4) is 0 Å². The molecular weight excluding hydrogens is 449 g/mol. The molecule has 2 amide bonds. The zero-order valence-corrected chi connectivity index (χ0v) is 18.3. The minimum absolute atomic E-state index is 0. The molecule has 0 aliphatic carbocycles. The first-order valence-corrected chi connectivity index (χ1v) is 9.16. The molecule has 150 valence electrons. The lowest BCUT2D eigenvalue weighted by atomic mass is 10.2. The van der Waals surface area contributed by atoms with Gasteiger partial charge in [-0.05, 0) is 12.8 Å². The molecule has 8 nitrogen and oxygen atoms in total. The van der Waals surface area contributed by atoms with Gasteiger partial charge in [0.15, 0.2) is 5.96 Å². The number of guanidine groups is 1. The van der Waals surface area contributed by atoms with Gasteiger partial charge in [0, 0.05) is 58.8 Å². The average molecular weight is 481 g/mol. The summed E-state index contributed by atoms with van der Waals surface area (Å²) >= 11 is 0. The zero-order chi connectivity index (χ0) is 18.2. The smallest absolute Gasteiger partial charge is 0.251 e. The molecule has 2 aliphatic heterocycles. The van der Waals surface area contributed by atoms with Crippen molar-refractivity contribution in [3.63, 3.8) is 0 Å². The Morgan fingerprint density at radius 1 is 1.12 bits per heavy atom. The van der Waals surface area contributed by atoms with Gasteiger partial charge in [-0.15, -0.1) is 24.0 Å². The Balaban J connectivity index is 0.00000338. The summed E-state index contributed by atoms with van der Waals surface area (Å²) < 4.78 is 5.49. The van der Waals surface area contributed by atoms with Crippen molar-refractivity contribution >= 4 is 41.8 Å². The Morgan fingerprint density at radius 3 is 2.27 bits per heavy atom. The molecule has 0 spiro atoms. The zero-order valence-electron chi connectivity index (χ0n) is 16.0. The third kappa shape index (κ3) is 6.57. The van der Waals surface area contributed by atoms with E-state index < -0.39 is 0 Å². The van der Waals surface area contributed by atoms with Crippen LogP contribution in [0.3, 0.4) is 0 Å². The number of hydrogen-bond acceptors (Lipinski definition) is 4. The monoisotopic (exact) mass is 481 g/mol. The number of carbonyl (C=O) groups excluding carboxylic acids is 2. The van der Waals surface area contributed by atoms with Crippen molar-refractivity contribution in [1.82, 2.24) is 20.4 Å². The highest BCUT2D eigenvalue weighted by Crippen LogP contribution is 2.16. The van der Waals surface area contributed by atoms with Crippen molar-refractivity contribution < 1.29 is 14.3 Å². The molecule has 0 aromatic carbocycles. The van der Waals surface area contributed by atoms with Crippen LogP contribution in [0.1, 0.15) is 26.7 Å². The van der Waals surface area contributed by atoms with E-state index in [1.807, 2.05) is 18.7 Å². The molecule has 2 N–H and O–H groups in total. The second-order valence-electron chi connectivity index (χ2n) is 6.73. The predicted molar refractivity (Wildman–Crippen MR) is 112 cm³/mol. The van der Waals surface area contributed by atoms with Gasteiger partial charge < -0.3 is 25.2 Å². The number of carbonyl (C=O) groups is 2. The summed E-state index contributed by atoms with van der Waals surface area (Å²) in [4.78, 5) is 32.2. The van der Waals surface area contributed by atoms with E-state index in [9.17, 15) is 9.59 Å². The third-order valence-corrected chi connectivity index (χ3v) is 4.54. The Hall–Kier alpha value is -1.10. The molecule has 0 aromatic heterocycles. The van der Waals surface area contributed by atoms with E-state index in [1.165, 1.54) is 0 Å². The minimum atomic E-state index is -0.242. The summed E-state index contributed by atoms with van der Waals surface area (Å²) in [6, 6.07) is 0. The first-order valence-electron chi connectivity index (χ1n) is 9.16. The minimum Gasteiger partial charge on any atom is -0.368 e. The first-order chi connectivity index (χ1) is 12.0. The van der Waals surface area contributed by atoms with Crippen molar-refractivity contribution in [1.29, 1.82) is 0 Å². The van der Waals surface area contributed by atoms with E-state index in [-0.39, 0.29) is 47.8 Å². The second-order valence-corrected chi connectivity index (χ2v) is 6.73. The van der Waals surface area contributed by atoms with E-state index in [0.29, 0.717) is 32.8 Å². The number of aliphatic imine (C=N–C) groups is 1. The van der Waals surface area contributed by atoms with Crippen molar-refractivity contribution in [2.24, 2.45) is 10.9 Å². The molecule has 1 unspecified atom stereocenters. The highest BCUT2D eigenvalue weighted by Gasteiger charge is 2.30. The maximum Gasteiger partial charge on any atom is 0.251 e. The van der Waals surface area contributed by atoms with Crippen LogP contribution in [0, 0.1) is 5.92 Å². The van der Waals surface area contributed by atoms with Gasteiger partial charge in [-0.2, -0.15) is 0 Å². The Labute approximate surface area is 173 Å². The predicted octanol–water partition coefficient (Wildman–Crippen LogP) is 0.275. The van der Waals surface area contributed by atoms with Crippen LogP contribution in [0.15, 0.2) is 4.99 Å². The fourth-order valence-corrected chi connectivity index (χ4v) is 3.01. The molecule has 9 heteroatoms. The quantitative estimate of drug-likeness (QED) is 0.255. The topological polar surface area (TPSA) is 86.3 Å². The molecule has 0 bridgehead atoms. The van der Waals surface area contributed by atoms with E-state index in [0.717, 1.165) is 31.9 Å². The molecule has 0 aromatic rings. The van der Waals surface area contributed by atoms with Gasteiger partial charge in [0.05, 0.1) is 0 Å². The molecule has 2 aliphatic rings. The maximum atomic E-state index is 12.4. The van der Waals surface area contributed by atoms with E-state index in [4.69, 9.17) is 4.74 Å². The fourth-order valence-electron chi connectivity index (χ4n) is 3.01. The van der Waals surface area contributed by atoms with Crippen LogP contribution in [0.25, 0.3) is 0 Å². The Bertz CT molecular complexity index is 487. The number of amides is 2. The number of rotatable bonds is 5. The summed E-state index contributed by atoms with van der Waals surface area (Å²) in [5.74, 6) is 0.978. The highest BCUT2D eigenvalue weighted by molar-refractivity contribution is 14.0. The van der Waals surface area contributed by atoms with Crippen LogP contribution < -0.4 is 10.6 Å². The highest BCUT2D eigenvalue weighted by atomic mass is 127. The van der Waals surface area contributed by atoms with E-state index >= 15 is 0 Å². The van der Waals surface area contributed by atoms with Crippen LogP contribution >= 0.6 is 24.0 Å². The lowest BCUT2D eigenvalue weighted by molar-refractivity contribution is -0.142. The molecule has 2 saturated heterocycles. The number of piperazine rings is 1. The number of nitrogens with one attached hydrogen (secondary N) is 2. The van der Waals surface area contributed by atoms with E-state index in [2.05, 4.69) is 20.5 Å². The number of hydrogen-bond donors (Lipinski definition) is 2. The van der Waals surface area contributed by atoms with Gasteiger partial charge in [0.1, 0.15) is 6.10 Å². The van der Waals surface area contributed by atoms with Gasteiger partial charge in [0.25, 0.3) is 5.91 Å². The second kappa shape index (κ2) is 11.6. The van der Waals surface area contributed by atoms with Gasteiger partial charge in [-0.1, -0.05) is 13.8 Å². The molecule has 2 rings (SSSR count). The summed E-state index contributed by atoms with van der Waals surface area (Å²) in [6.45, 7) is 8.49. The normalized spacial score (nSPS) is 20.8. The van der Waals surface area contributed by atoms with Crippen LogP contribution in [0.2, 0.25) is 0 Å². The third-order valence-electron chi connectivity index (χ3n) is 4.54. The molecule has 0 saturated carbocycles. The van der Waals surface area contributed by atoms with Crippen LogP contribution in [-0.4, -0.2) is 86.6 Å². The lowest BCUT2D eigenvalue weighted by Gasteiger charge is -2.37. The SMILES string of the molecule is CN=C(NCCNC(=O)C(C)C)N1CCN(C(=O)C2CCCO2)CC1.I. The fraction of sp³-hybridized carbons (Fsp3) is 0.824. The summed E-state index contributed by atoms with van der Waals surface area (Å²) in [5.41, 5.74) is 0. The van der Waals surface area contributed by atoms with Crippen molar-refractivity contribution in [2.75, 3.05) is 52.9 Å². The summed E-state index contributed by atoms with van der Waals surface area (Å²) in [6.07, 6.45) is 1.57. The van der Waals surface area contributed by atoms with Crippen LogP contribution in [-0.2, 0) is 14.3 Å². The molecule has 2 heterocycles. The summed E-state index contributed by atoms with van der Waals surface area (Å²) in [5, 5.41) is 6.14. The van der Waals surface area contributed by atoms with Crippen molar-refractivity contribution in [2.45, 2.75) is 32.8 Å². The molecule has 2 fully saturated rings. The molecular formula is C17H32IN5O3. The number of halogens is 1. The molecule has 0 radical (unpaired) electrons. The van der Waals surface area contributed by atoms with Gasteiger partial charge in [-0.25, -0.2) is 0 Å². The lowest BCUT2D eigenvalue weighted by Crippen LogP contribution is -2.55. The van der Waals surface area contributed by atoms with Crippen molar-refractivity contribution in [3.05, 3.63) is 0 Å². The molecule has 1 atom stereocenters. The first kappa shape index (κ1) is 22.9. The number of ether oxygens (including phenoxy) is 1. The Kier molecular flexibility index (Phi) is 10.2. The molecule has 26 heavy (non-hydrogen) atoms. The largest absolute Gasteiger partial charge is 0.368 e. The maximum absolute atomic E-state index is 12.4. The summed E-state index contributed by atoms with van der Waals surface area (Å²) in [7, 11) is 1.75. The number of nitrogens with zero attached hydrogens (tertiary/aromatic N) is 3. The average Bonchev–Trinajstić information content (AvgIpc) is 3.16. The standard InChI is InChI=1S/C17H31N5O3.HI/c1-13(2)15(23)19-6-7-20-17(18-3)22-10-8-21(9-11-22)16(24)14-5-4-12-25-14;/h13-14H,4-12H2,1-3H3,(H,18,20)(H,19,23);1H. The Morgan fingerprint density at radius 2 is 1.73 bits per heavy atom.